The second kappa shape index (κ2) is 9.26. The monoisotopic (exact) mass is 431 g/mol. The molecular formula is C25H29N5O2. The first-order valence-electron chi connectivity index (χ1n) is 10.8. The van der Waals surface area contributed by atoms with Gasteiger partial charge in [-0.05, 0) is 79.9 Å². The van der Waals surface area contributed by atoms with Gasteiger partial charge >= 0.3 is 6.03 Å². The molecule has 0 atom stereocenters. The topological polar surface area (TPSA) is 70.6 Å². The number of nitrogens with one attached hydrogen (secondary N) is 1. The van der Waals surface area contributed by atoms with Gasteiger partial charge in [-0.2, -0.15) is 0 Å². The fourth-order valence-electron chi connectivity index (χ4n) is 3.89. The standard InChI is InChI=1S/C25H29N5O2/c1-17-15-19(3)22(16-18(17)2)23-9-10-24(28-27-23)29-11-13-30(14-12-29)25(31)26-20-5-7-21(32-4)8-6-20/h5-10,15-16H,11-14H2,1-4H3,(H,26,31). The van der Waals surface area contributed by atoms with Crippen molar-refractivity contribution >= 4 is 17.5 Å². The quantitative estimate of drug-likeness (QED) is 0.662. The Morgan fingerprint density at radius 3 is 2.19 bits per heavy atom. The molecule has 2 amide bonds. The van der Waals surface area contributed by atoms with Gasteiger partial charge < -0.3 is 19.9 Å². The Morgan fingerprint density at radius 1 is 0.875 bits per heavy atom. The molecule has 0 radical (unpaired) electrons. The Balaban J connectivity index is 1.36. The highest BCUT2D eigenvalue weighted by atomic mass is 16.5. The van der Waals surface area contributed by atoms with E-state index in [1.807, 2.05) is 41.3 Å². The van der Waals surface area contributed by atoms with E-state index >= 15 is 0 Å². The predicted octanol–water partition coefficient (Wildman–Crippen LogP) is 4.43. The van der Waals surface area contributed by atoms with Gasteiger partial charge in [0.2, 0.25) is 0 Å². The van der Waals surface area contributed by atoms with Crippen LogP contribution in [0.25, 0.3) is 11.3 Å². The number of aryl methyl sites for hydroxylation is 3. The Kier molecular flexibility index (Phi) is 6.25. The maximum atomic E-state index is 12.6. The van der Waals surface area contributed by atoms with Crippen molar-refractivity contribution in [2.24, 2.45) is 0 Å². The molecule has 2 aromatic carbocycles. The lowest BCUT2D eigenvalue weighted by Crippen LogP contribution is -2.50. The first-order valence-corrected chi connectivity index (χ1v) is 10.8. The van der Waals surface area contributed by atoms with Crippen molar-refractivity contribution in [3.8, 4) is 17.0 Å². The van der Waals surface area contributed by atoms with Crippen molar-refractivity contribution in [2.45, 2.75) is 20.8 Å². The third kappa shape index (κ3) is 4.66. The zero-order valence-corrected chi connectivity index (χ0v) is 19.1. The number of hydrogen-bond acceptors (Lipinski definition) is 5. The summed E-state index contributed by atoms with van der Waals surface area (Å²) < 4.78 is 5.15. The number of ether oxygens (including phenoxy) is 1. The molecule has 0 spiro atoms. The molecule has 3 aromatic rings. The molecule has 1 aromatic heterocycles. The second-order valence-corrected chi connectivity index (χ2v) is 8.16. The molecule has 7 heteroatoms. The van der Waals surface area contributed by atoms with Crippen molar-refractivity contribution in [1.82, 2.24) is 15.1 Å². The summed E-state index contributed by atoms with van der Waals surface area (Å²) in [6.07, 6.45) is 0. The van der Waals surface area contributed by atoms with Gasteiger partial charge in [-0.3, -0.25) is 0 Å². The van der Waals surface area contributed by atoms with E-state index in [9.17, 15) is 4.79 Å². The van der Waals surface area contributed by atoms with Crippen molar-refractivity contribution in [1.29, 1.82) is 0 Å². The first-order chi connectivity index (χ1) is 15.4. The lowest BCUT2D eigenvalue weighted by molar-refractivity contribution is 0.208. The molecule has 0 unspecified atom stereocenters. The number of carbonyl (C=O) groups is 1. The molecule has 7 nitrogen and oxygen atoms in total. The molecule has 0 bridgehead atoms. The summed E-state index contributed by atoms with van der Waals surface area (Å²) >= 11 is 0. The zero-order valence-electron chi connectivity index (χ0n) is 19.1. The van der Waals surface area contributed by atoms with Crippen LogP contribution >= 0.6 is 0 Å². The van der Waals surface area contributed by atoms with Crippen LogP contribution in [0.2, 0.25) is 0 Å². The number of nitrogens with zero attached hydrogens (tertiary/aromatic N) is 4. The van der Waals surface area contributed by atoms with E-state index in [1.165, 1.54) is 16.7 Å². The Hall–Kier alpha value is -3.61. The lowest BCUT2D eigenvalue weighted by Gasteiger charge is -2.35. The highest BCUT2D eigenvalue weighted by molar-refractivity contribution is 5.89. The van der Waals surface area contributed by atoms with E-state index < -0.39 is 0 Å². The number of carbonyl (C=O) groups excluding carboxylic acids is 1. The molecule has 1 aliphatic rings. The third-order valence-electron chi connectivity index (χ3n) is 6.00. The molecule has 1 N–H and O–H groups in total. The van der Waals surface area contributed by atoms with Gasteiger partial charge in [-0.1, -0.05) is 6.07 Å². The fraction of sp³-hybridized carbons (Fsp3) is 0.320. The highest BCUT2D eigenvalue weighted by Gasteiger charge is 2.22. The van der Waals surface area contributed by atoms with Gasteiger partial charge in [-0.25, -0.2) is 4.79 Å². The van der Waals surface area contributed by atoms with Crippen LogP contribution in [-0.2, 0) is 0 Å². The van der Waals surface area contributed by atoms with Crippen molar-refractivity contribution in [3.63, 3.8) is 0 Å². The smallest absolute Gasteiger partial charge is 0.321 e. The number of amides is 2. The summed E-state index contributed by atoms with van der Waals surface area (Å²) in [6.45, 7) is 9.03. The van der Waals surface area contributed by atoms with Crippen LogP contribution in [0.4, 0.5) is 16.3 Å². The summed E-state index contributed by atoms with van der Waals surface area (Å²) in [6, 6.07) is 15.6. The number of hydrogen-bond donors (Lipinski definition) is 1. The second-order valence-electron chi connectivity index (χ2n) is 8.16. The molecule has 0 saturated carbocycles. The van der Waals surface area contributed by atoms with Gasteiger partial charge in [0.25, 0.3) is 0 Å². The number of piperazine rings is 1. The SMILES string of the molecule is COc1ccc(NC(=O)N2CCN(c3ccc(-c4cc(C)c(C)cc4C)nn3)CC2)cc1. The Bertz CT molecular complexity index is 1090. The van der Waals surface area contributed by atoms with Gasteiger partial charge in [0.15, 0.2) is 5.82 Å². The van der Waals surface area contributed by atoms with Crippen LogP contribution in [0.3, 0.4) is 0 Å². The summed E-state index contributed by atoms with van der Waals surface area (Å²) in [5.41, 5.74) is 6.48. The van der Waals surface area contributed by atoms with E-state index in [0.717, 1.165) is 28.5 Å². The number of rotatable bonds is 4. The summed E-state index contributed by atoms with van der Waals surface area (Å²) in [5, 5.41) is 11.9. The maximum absolute atomic E-state index is 12.6. The minimum atomic E-state index is -0.0959. The van der Waals surface area contributed by atoms with Crippen LogP contribution in [-0.4, -0.2) is 54.4 Å². The Morgan fingerprint density at radius 2 is 1.56 bits per heavy atom. The molecule has 1 fully saturated rings. The minimum Gasteiger partial charge on any atom is -0.497 e. The number of urea groups is 1. The molecule has 2 heterocycles. The van der Waals surface area contributed by atoms with Crippen LogP contribution in [0.5, 0.6) is 5.75 Å². The van der Waals surface area contributed by atoms with Crippen LogP contribution in [0, 0.1) is 20.8 Å². The third-order valence-corrected chi connectivity index (χ3v) is 6.00. The lowest BCUT2D eigenvalue weighted by atomic mass is 9.99. The van der Waals surface area contributed by atoms with Gasteiger partial charge in [-0.15, -0.1) is 10.2 Å². The van der Waals surface area contributed by atoms with E-state index in [2.05, 4.69) is 53.3 Å². The average molecular weight is 432 g/mol. The number of benzene rings is 2. The molecular weight excluding hydrogens is 402 g/mol. The number of anilines is 2. The molecule has 1 saturated heterocycles. The molecule has 166 valence electrons. The highest BCUT2D eigenvalue weighted by Crippen LogP contribution is 2.26. The molecule has 1 aliphatic heterocycles. The zero-order chi connectivity index (χ0) is 22.7. The summed E-state index contributed by atoms with van der Waals surface area (Å²) in [5.74, 6) is 1.60. The normalized spacial score (nSPS) is 13.8. The van der Waals surface area contributed by atoms with Crippen molar-refractivity contribution in [2.75, 3.05) is 43.5 Å². The van der Waals surface area contributed by atoms with E-state index in [-0.39, 0.29) is 6.03 Å². The van der Waals surface area contributed by atoms with Crippen molar-refractivity contribution < 1.29 is 9.53 Å². The van der Waals surface area contributed by atoms with Crippen LogP contribution in [0.15, 0.2) is 48.5 Å². The van der Waals surface area contributed by atoms with Gasteiger partial charge in [0, 0.05) is 37.4 Å². The molecule has 4 rings (SSSR count). The first kappa shape index (κ1) is 21.6. The Labute approximate surface area is 189 Å². The molecule has 32 heavy (non-hydrogen) atoms. The number of methoxy groups -OCH3 is 1. The molecule has 0 aliphatic carbocycles. The average Bonchev–Trinajstić information content (AvgIpc) is 2.82. The fourth-order valence-corrected chi connectivity index (χ4v) is 3.89. The largest absolute Gasteiger partial charge is 0.497 e. The van der Waals surface area contributed by atoms with E-state index in [1.54, 1.807) is 7.11 Å². The van der Waals surface area contributed by atoms with E-state index in [4.69, 9.17) is 4.74 Å². The summed E-state index contributed by atoms with van der Waals surface area (Å²) in [7, 11) is 1.62. The number of aromatic nitrogens is 2. The van der Waals surface area contributed by atoms with Gasteiger partial charge in [0.1, 0.15) is 5.75 Å². The summed E-state index contributed by atoms with van der Waals surface area (Å²) in [4.78, 5) is 16.6. The predicted molar refractivity (Wildman–Crippen MR) is 127 cm³/mol. The van der Waals surface area contributed by atoms with Crippen LogP contribution in [0.1, 0.15) is 16.7 Å². The maximum Gasteiger partial charge on any atom is 0.321 e. The van der Waals surface area contributed by atoms with Crippen LogP contribution < -0.4 is 15.0 Å². The minimum absolute atomic E-state index is 0.0959. The van der Waals surface area contributed by atoms with Gasteiger partial charge in [0.05, 0.1) is 12.8 Å². The van der Waals surface area contributed by atoms with E-state index in [0.29, 0.717) is 26.2 Å². The van der Waals surface area contributed by atoms with Crippen molar-refractivity contribution in [3.05, 3.63) is 65.2 Å².